The maximum atomic E-state index is 13.7. The van der Waals surface area contributed by atoms with Crippen LogP contribution in [0.4, 0.5) is 0 Å². The summed E-state index contributed by atoms with van der Waals surface area (Å²) in [7, 11) is 3.22. The summed E-state index contributed by atoms with van der Waals surface area (Å²) in [6, 6.07) is 2.29. The third-order valence-electron chi connectivity index (χ3n) is 8.00. The van der Waals surface area contributed by atoms with Gasteiger partial charge in [-0.05, 0) is 62.9 Å². The molecule has 194 valence electrons. The Balaban J connectivity index is 1.85. The van der Waals surface area contributed by atoms with Crippen molar-refractivity contribution in [3.05, 3.63) is 51.5 Å². The Kier molecular flexibility index (Phi) is 6.74. The second kappa shape index (κ2) is 9.37. The van der Waals surface area contributed by atoms with Crippen LogP contribution in [0.2, 0.25) is 0 Å². The number of likely N-dealkylation sites (N-methyl/N-ethyl adjacent to an activating group) is 1. The number of carbonyl (C=O) groups excluding carboxylic acids is 3. The normalized spacial score (nSPS) is 27.8. The Morgan fingerprint density at radius 1 is 1.14 bits per heavy atom. The Labute approximate surface area is 209 Å². The molecule has 3 aliphatic rings. The van der Waals surface area contributed by atoms with Gasteiger partial charge in [-0.1, -0.05) is 32.3 Å². The molecule has 4 rings (SSSR count). The minimum absolute atomic E-state index is 0.0729. The quantitative estimate of drug-likeness (QED) is 0.282. The Morgan fingerprint density at radius 3 is 2.44 bits per heavy atom. The number of carbonyl (C=O) groups is 3. The van der Waals surface area contributed by atoms with Crippen LogP contribution in [0.3, 0.4) is 0 Å². The molecule has 0 heterocycles. The first-order chi connectivity index (χ1) is 17.0. The molecule has 9 nitrogen and oxygen atoms in total. The van der Waals surface area contributed by atoms with E-state index in [1.807, 2.05) is 6.07 Å². The summed E-state index contributed by atoms with van der Waals surface area (Å²) in [6.45, 7) is 2.13. The van der Waals surface area contributed by atoms with E-state index in [-0.39, 0.29) is 23.3 Å². The summed E-state index contributed by atoms with van der Waals surface area (Å²) >= 11 is 0. The van der Waals surface area contributed by atoms with Gasteiger partial charge >= 0.3 is 0 Å². The van der Waals surface area contributed by atoms with Gasteiger partial charge in [0.15, 0.2) is 11.4 Å². The fraction of sp³-hybridized carbons (Fsp3) is 0.519. The van der Waals surface area contributed by atoms with Crippen LogP contribution in [-0.2, 0) is 22.4 Å². The van der Waals surface area contributed by atoms with Gasteiger partial charge in [-0.25, -0.2) is 0 Å². The van der Waals surface area contributed by atoms with E-state index in [1.165, 1.54) is 6.07 Å². The molecule has 4 atom stereocenters. The first-order valence-electron chi connectivity index (χ1n) is 12.4. The highest BCUT2D eigenvalue weighted by Crippen LogP contribution is 2.52. The molecule has 0 saturated carbocycles. The average Bonchev–Trinajstić information content (AvgIpc) is 2.80. The third-order valence-corrected chi connectivity index (χ3v) is 8.00. The van der Waals surface area contributed by atoms with Gasteiger partial charge in [0, 0.05) is 11.5 Å². The number of hydrogen-bond donors (Lipinski definition) is 5. The number of fused-ring (bicyclic) bond motifs is 3. The zero-order valence-electron chi connectivity index (χ0n) is 20.9. The van der Waals surface area contributed by atoms with E-state index in [1.54, 1.807) is 19.0 Å². The number of amides is 1. The molecule has 3 aliphatic carbocycles. The molecule has 0 saturated heterocycles. The third kappa shape index (κ3) is 3.72. The smallest absolute Gasteiger partial charge is 0.255 e. The molecule has 1 aromatic rings. The molecule has 6 N–H and O–H groups in total. The Morgan fingerprint density at radius 2 is 1.83 bits per heavy atom. The van der Waals surface area contributed by atoms with E-state index in [9.17, 15) is 34.8 Å². The number of aliphatic hydroxyl groups excluding tert-OH is 2. The molecule has 1 amide bonds. The molecule has 9 heteroatoms. The number of unbranched alkanes of at least 4 members (excludes halogenated alkanes) is 3. The number of primary amides is 1. The molecule has 0 aromatic heterocycles. The van der Waals surface area contributed by atoms with Crippen LogP contribution in [0.15, 0.2) is 34.8 Å². The van der Waals surface area contributed by atoms with Crippen LogP contribution in [0.1, 0.15) is 60.5 Å². The van der Waals surface area contributed by atoms with Gasteiger partial charge in [0.2, 0.25) is 5.78 Å². The lowest BCUT2D eigenvalue weighted by Crippen LogP contribution is -2.63. The monoisotopic (exact) mass is 498 g/mol. The number of benzene rings is 1. The van der Waals surface area contributed by atoms with Crippen molar-refractivity contribution in [2.45, 2.75) is 63.5 Å². The number of allylic oxidation sites excluding steroid dienone is 1. The fourth-order valence-corrected chi connectivity index (χ4v) is 6.29. The van der Waals surface area contributed by atoms with Gasteiger partial charge in [-0.2, -0.15) is 0 Å². The summed E-state index contributed by atoms with van der Waals surface area (Å²) in [4.78, 5) is 40.5. The predicted octanol–water partition coefficient (Wildman–Crippen LogP) is 2.24. The number of aryl methyl sites for hydroxylation is 1. The number of nitrogens with two attached hydrogens (primary N) is 1. The van der Waals surface area contributed by atoms with Crippen molar-refractivity contribution < 1.29 is 34.8 Å². The Hall–Kier alpha value is -3.17. The van der Waals surface area contributed by atoms with Crippen LogP contribution in [0, 0.1) is 11.8 Å². The maximum absolute atomic E-state index is 13.7. The molecule has 0 spiro atoms. The minimum atomic E-state index is -2.61. The lowest BCUT2D eigenvalue weighted by atomic mass is 9.58. The SMILES string of the molecule is CCCCCCc1ccc(O)c2c1C[C@H]1C[C@H]3[C@H](N(C)C)C(O)=C(C(N)=O)C(=O)[C@@]3(O)C(O)=C1C2=O. The zero-order chi connectivity index (χ0) is 26.5. The number of nitrogens with zero attached hydrogens (tertiary/aromatic N) is 1. The van der Waals surface area contributed by atoms with Crippen molar-refractivity contribution in [1.29, 1.82) is 0 Å². The molecule has 0 fully saturated rings. The van der Waals surface area contributed by atoms with E-state index in [2.05, 4.69) is 6.92 Å². The first-order valence-corrected chi connectivity index (χ1v) is 12.4. The standard InChI is InChI=1S/C27H34N2O7/c1-4-5-6-7-8-13-9-10-17(30)19-15(13)11-14-12-16-21(29(2)3)23(32)20(26(28)35)25(34)27(16,36)24(33)18(14)22(19)31/h9-10,14,16,21,30,32-33,36H,4-8,11-12H2,1-3H3,(H2,28,35)/t14-,16-,21-,27-/m0/s1. The highest BCUT2D eigenvalue weighted by atomic mass is 16.3. The maximum Gasteiger partial charge on any atom is 0.255 e. The molecule has 36 heavy (non-hydrogen) atoms. The summed E-state index contributed by atoms with van der Waals surface area (Å²) in [5, 5.41) is 44.3. The van der Waals surface area contributed by atoms with Gasteiger partial charge < -0.3 is 26.2 Å². The zero-order valence-corrected chi connectivity index (χ0v) is 20.9. The van der Waals surface area contributed by atoms with Crippen molar-refractivity contribution in [3.63, 3.8) is 0 Å². The average molecular weight is 499 g/mol. The van der Waals surface area contributed by atoms with Crippen LogP contribution < -0.4 is 5.73 Å². The molecular formula is C27H34N2O7. The summed E-state index contributed by atoms with van der Waals surface area (Å²) in [5.74, 6) is -6.31. The van der Waals surface area contributed by atoms with Crippen molar-refractivity contribution in [1.82, 2.24) is 4.90 Å². The molecule has 0 aliphatic heterocycles. The van der Waals surface area contributed by atoms with E-state index in [0.29, 0.717) is 12.0 Å². The second-order valence-electron chi connectivity index (χ2n) is 10.4. The molecule has 0 radical (unpaired) electrons. The highest BCUT2D eigenvalue weighted by Gasteiger charge is 2.63. The van der Waals surface area contributed by atoms with Crippen LogP contribution in [-0.4, -0.2) is 68.5 Å². The number of aliphatic hydroxyl groups is 3. The van der Waals surface area contributed by atoms with Gasteiger partial charge in [0.05, 0.1) is 11.6 Å². The fourth-order valence-electron chi connectivity index (χ4n) is 6.29. The number of hydrogen-bond acceptors (Lipinski definition) is 8. The second-order valence-corrected chi connectivity index (χ2v) is 10.4. The number of phenolic OH excluding ortho intramolecular Hbond substituents is 1. The van der Waals surface area contributed by atoms with E-state index in [4.69, 9.17) is 5.73 Å². The van der Waals surface area contributed by atoms with Gasteiger partial charge in [0.25, 0.3) is 5.91 Å². The number of rotatable bonds is 7. The molecule has 0 bridgehead atoms. The molecule has 1 aromatic carbocycles. The van der Waals surface area contributed by atoms with Crippen molar-refractivity contribution >= 4 is 17.5 Å². The highest BCUT2D eigenvalue weighted by molar-refractivity contribution is 6.24. The van der Waals surface area contributed by atoms with Crippen molar-refractivity contribution in [2.75, 3.05) is 14.1 Å². The van der Waals surface area contributed by atoms with E-state index in [0.717, 1.165) is 37.7 Å². The molecule has 0 unspecified atom stereocenters. The Bertz CT molecular complexity index is 1200. The summed E-state index contributed by atoms with van der Waals surface area (Å²) in [5.41, 5.74) is 3.54. The van der Waals surface area contributed by atoms with E-state index < -0.39 is 58.0 Å². The largest absolute Gasteiger partial charge is 0.510 e. The number of ketones is 2. The topological polar surface area (TPSA) is 161 Å². The minimum Gasteiger partial charge on any atom is -0.510 e. The van der Waals surface area contributed by atoms with Crippen LogP contribution in [0.25, 0.3) is 0 Å². The van der Waals surface area contributed by atoms with Gasteiger partial charge in [-0.3, -0.25) is 19.3 Å². The van der Waals surface area contributed by atoms with Crippen molar-refractivity contribution in [3.8, 4) is 5.75 Å². The number of Topliss-reactive ketones (excluding diaryl/α,β-unsaturated/α-hetero) is 2. The molecular weight excluding hydrogens is 464 g/mol. The lowest BCUT2D eigenvalue weighted by molar-refractivity contribution is -0.148. The van der Waals surface area contributed by atoms with Crippen LogP contribution >= 0.6 is 0 Å². The first kappa shape index (κ1) is 25.9. The van der Waals surface area contributed by atoms with E-state index >= 15 is 0 Å². The van der Waals surface area contributed by atoms with Crippen molar-refractivity contribution in [2.24, 2.45) is 17.6 Å². The van der Waals surface area contributed by atoms with Crippen LogP contribution in [0.5, 0.6) is 5.75 Å². The number of aromatic hydroxyl groups is 1. The lowest BCUT2D eigenvalue weighted by Gasteiger charge is -2.50. The van der Waals surface area contributed by atoms with Gasteiger partial charge in [0.1, 0.15) is 22.8 Å². The van der Waals surface area contributed by atoms with Gasteiger partial charge in [-0.15, -0.1) is 0 Å². The summed E-state index contributed by atoms with van der Waals surface area (Å²) in [6.07, 6.45) is 5.34. The number of phenols is 1. The summed E-state index contributed by atoms with van der Waals surface area (Å²) < 4.78 is 0. The predicted molar refractivity (Wildman–Crippen MR) is 132 cm³/mol.